The molecule has 5 aromatic rings. The minimum atomic E-state index is -0.348. The molecule has 5 rings (SSSR count). The number of ether oxygens (including phenoxy) is 1. The largest absolute Gasteiger partial charge is 0.462 e. The number of nitrogens with one attached hydrogen (secondary N) is 2. The van der Waals surface area contributed by atoms with Crippen LogP contribution in [0.15, 0.2) is 66.1 Å². The molecule has 0 radical (unpaired) electrons. The Balaban J connectivity index is 1.57. The van der Waals surface area contributed by atoms with Crippen LogP contribution in [0.5, 0.6) is 0 Å². The van der Waals surface area contributed by atoms with Crippen LogP contribution in [-0.2, 0) is 11.2 Å². The summed E-state index contributed by atoms with van der Waals surface area (Å²) >= 11 is 0. The fourth-order valence-electron chi connectivity index (χ4n) is 3.75. The van der Waals surface area contributed by atoms with Crippen molar-refractivity contribution in [2.75, 3.05) is 6.61 Å². The average Bonchev–Trinajstić information content (AvgIpc) is 3.41. The van der Waals surface area contributed by atoms with Crippen molar-refractivity contribution >= 4 is 22.6 Å². The molecule has 0 saturated heterocycles. The molecule has 2 N–H and O–H groups in total. The van der Waals surface area contributed by atoms with E-state index in [1.54, 1.807) is 31.6 Å². The Morgan fingerprint density at radius 1 is 1.13 bits per heavy atom. The fraction of sp³-hybridized carbons (Fsp3) is 0.130. The molecule has 0 saturated carbocycles. The first kappa shape index (κ1) is 18.8. The van der Waals surface area contributed by atoms with Crippen LogP contribution in [0.25, 0.3) is 27.8 Å². The van der Waals surface area contributed by atoms with E-state index in [-0.39, 0.29) is 11.5 Å². The van der Waals surface area contributed by atoms with E-state index >= 15 is 0 Å². The Labute approximate surface area is 176 Å². The maximum Gasteiger partial charge on any atom is 0.338 e. The number of rotatable bonds is 5. The van der Waals surface area contributed by atoms with Gasteiger partial charge in [0.15, 0.2) is 5.65 Å². The summed E-state index contributed by atoms with van der Waals surface area (Å²) in [4.78, 5) is 39.1. The van der Waals surface area contributed by atoms with E-state index < -0.39 is 0 Å². The third kappa shape index (κ3) is 3.38. The van der Waals surface area contributed by atoms with Crippen molar-refractivity contribution in [3.8, 4) is 11.1 Å². The van der Waals surface area contributed by atoms with E-state index in [0.29, 0.717) is 29.8 Å². The number of benzene rings is 1. The van der Waals surface area contributed by atoms with Gasteiger partial charge >= 0.3 is 5.97 Å². The Kier molecular flexibility index (Phi) is 4.59. The third-order valence-corrected chi connectivity index (χ3v) is 5.17. The van der Waals surface area contributed by atoms with E-state index in [9.17, 15) is 9.59 Å². The van der Waals surface area contributed by atoms with Crippen LogP contribution in [0.2, 0.25) is 0 Å². The molecular formula is C23H19N5O3. The summed E-state index contributed by atoms with van der Waals surface area (Å²) in [5.74, 6) is -0.348. The normalized spacial score (nSPS) is 11.3. The molecule has 0 unspecified atom stereocenters. The first-order valence-electron chi connectivity index (χ1n) is 9.91. The van der Waals surface area contributed by atoms with E-state index in [0.717, 1.165) is 27.9 Å². The van der Waals surface area contributed by atoms with Gasteiger partial charge in [0.05, 0.1) is 12.2 Å². The lowest BCUT2D eigenvalue weighted by atomic mass is 10.1. The van der Waals surface area contributed by atoms with Crippen LogP contribution >= 0.6 is 0 Å². The Morgan fingerprint density at radius 2 is 2.00 bits per heavy atom. The number of esters is 1. The number of H-pyrrole nitrogens is 2. The highest BCUT2D eigenvalue weighted by Crippen LogP contribution is 2.28. The molecule has 0 fully saturated rings. The molecule has 0 atom stereocenters. The topological polar surface area (TPSA) is 105 Å². The van der Waals surface area contributed by atoms with Gasteiger partial charge in [0.1, 0.15) is 11.0 Å². The standard InChI is InChI=1S/C23H19N5O3/c1-2-31-23(30)15-5-3-4-14(8-15)9-17-11-27-22(29)19-10-16(13-28(17)19)18-12-26-21-20(18)24-6-7-25-21/h3-8,10-13H,2,9H2,1H3,(H,25,26)(H,27,29). The van der Waals surface area contributed by atoms with Gasteiger partial charge in [-0.25, -0.2) is 9.78 Å². The zero-order chi connectivity index (χ0) is 21.4. The van der Waals surface area contributed by atoms with Gasteiger partial charge in [-0.1, -0.05) is 12.1 Å². The molecule has 31 heavy (non-hydrogen) atoms. The summed E-state index contributed by atoms with van der Waals surface area (Å²) in [6.45, 7) is 2.11. The van der Waals surface area contributed by atoms with Crippen molar-refractivity contribution in [1.82, 2.24) is 24.3 Å². The number of carbonyl (C=O) groups excluding carboxylic acids is 1. The van der Waals surface area contributed by atoms with Crippen LogP contribution in [0.1, 0.15) is 28.5 Å². The van der Waals surface area contributed by atoms with Crippen molar-refractivity contribution in [1.29, 1.82) is 0 Å². The minimum absolute atomic E-state index is 0.179. The van der Waals surface area contributed by atoms with Gasteiger partial charge in [0.2, 0.25) is 0 Å². The maximum absolute atomic E-state index is 12.5. The van der Waals surface area contributed by atoms with Crippen LogP contribution < -0.4 is 5.56 Å². The molecule has 8 nitrogen and oxygen atoms in total. The van der Waals surface area contributed by atoms with Gasteiger partial charge in [-0.2, -0.15) is 0 Å². The lowest BCUT2D eigenvalue weighted by molar-refractivity contribution is 0.0526. The van der Waals surface area contributed by atoms with E-state index in [1.165, 1.54) is 0 Å². The number of hydrogen-bond donors (Lipinski definition) is 2. The van der Waals surface area contributed by atoms with Crippen molar-refractivity contribution < 1.29 is 9.53 Å². The predicted molar refractivity (Wildman–Crippen MR) is 116 cm³/mol. The van der Waals surface area contributed by atoms with Crippen molar-refractivity contribution in [3.63, 3.8) is 0 Å². The highest BCUT2D eigenvalue weighted by atomic mass is 16.5. The number of fused-ring (bicyclic) bond motifs is 2. The zero-order valence-electron chi connectivity index (χ0n) is 16.8. The molecule has 0 aliphatic carbocycles. The lowest BCUT2D eigenvalue weighted by Gasteiger charge is -2.08. The quantitative estimate of drug-likeness (QED) is 0.430. The Morgan fingerprint density at radius 3 is 2.87 bits per heavy atom. The van der Waals surface area contributed by atoms with E-state index in [4.69, 9.17) is 4.74 Å². The Bertz CT molecular complexity index is 1480. The average molecular weight is 413 g/mol. The van der Waals surface area contributed by atoms with Gasteiger partial charge in [0.25, 0.3) is 5.56 Å². The first-order chi connectivity index (χ1) is 15.1. The van der Waals surface area contributed by atoms with E-state index in [1.807, 2.05) is 41.1 Å². The smallest absolute Gasteiger partial charge is 0.338 e. The molecule has 0 bridgehead atoms. The summed E-state index contributed by atoms with van der Waals surface area (Å²) in [6, 6.07) is 9.16. The van der Waals surface area contributed by atoms with Crippen molar-refractivity contribution in [3.05, 3.63) is 88.5 Å². The van der Waals surface area contributed by atoms with Crippen LogP contribution in [0.4, 0.5) is 0 Å². The summed E-state index contributed by atoms with van der Waals surface area (Å²) in [6.07, 6.45) is 9.27. The molecule has 154 valence electrons. The maximum atomic E-state index is 12.5. The molecule has 1 aromatic carbocycles. The first-order valence-corrected chi connectivity index (χ1v) is 9.91. The lowest BCUT2D eigenvalue weighted by Crippen LogP contribution is -2.12. The fourth-order valence-corrected chi connectivity index (χ4v) is 3.75. The van der Waals surface area contributed by atoms with Gasteiger partial charge in [-0.05, 0) is 30.7 Å². The molecule has 0 aliphatic rings. The van der Waals surface area contributed by atoms with Gasteiger partial charge in [-0.15, -0.1) is 0 Å². The van der Waals surface area contributed by atoms with Crippen LogP contribution in [-0.4, -0.2) is 36.9 Å². The molecule has 4 heterocycles. The SMILES string of the molecule is CCOC(=O)c1cccc(Cc2c[nH]c(=O)c3cc(-c4c[nH]c5nccnc45)cn23)c1. The van der Waals surface area contributed by atoms with Gasteiger partial charge in [0, 0.05) is 54.2 Å². The van der Waals surface area contributed by atoms with Crippen molar-refractivity contribution in [2.45, 2.75) is 13.3 Å². The number of aromatic nitrogens is 5. The van der Waals surface area contributed by atoms with Crippen LogP contribution in [0, 0.1) is 0 Å². The minimum Gasteiger partial charge on any atom is -0.462 e. The third-order valence-electron chi connectivity index (χ3n) is 5.17. The summed E-state index contributed by atoms with van der Waals surface area (Å²) < 4.78 is 6.97. The van der Waals surface area contributed by atoms with Gasteiger partial charge in [-0.3, -0.25) is 9.78 Å². The molecule has 0 amide bonds. The number of hydrogen-bond acceptors (Lipinski definition) is 5. The monoisotopic (exact) mass is 413 g/mol. The predicted octanol–water partition coefficient (Wildman–Crippen LogP) is 3.33. The highest BCUT2D eigenvalue weighted by molar-refractivity contribution is 5.91. The summed E-state index contributed by atoms with van der Waals surface area (Å²) in [5, 5.41) is 0. The molecule has 8 heteroatoms. The summed E-state index contributed by atoms with van der Waals surface area (Å²) in [5.41, 5.74) is 5.86. The number of carbonyl (C=O) groups is 1. The van der Waals surface area contributed by atoms with Crippen molar-refractivity contribution in [2.24, 2.45) is 0 Å². The van der Waals surface area contributed by atoms with Crippen LogP contribution in [0.3, 0.4) is 0 Å². The number of aromatic amines is 2. The van der Waals surface area contributed by atoms with Gasteiger partial charge < -0.3 is 19.1 Å². The molecule has 0 spiro atoms. The molecular weight excluding hydrogens is 394 g/mol. The van der Waals surface area contributed by atoms with E-state index in [2.05, 4.69) is 19.9 Å². The zero-order valence-corrected chi connectivity index (χ0v) is 16.8. The number of nitrogens with zero attached hydrogens (tertiary/aromatic N) is 3. The highest BCUT2D eigenvalue weighted by Gasteiger charge is 2.14. The second-order valence-corrected chi connectivity index (χ2v) is 7.15. The Hall–Kier alpha value is -4.20. The molecule has 0 aliphatic heterocycles. The second kappa shape index (κ2) is 7.56. The second-order valence-electron chi connectivity index (χ2n) is 7.15. The summed E-state index contributed by atoms with van der Waals surface area (Å²) in [7, 11) is 0. The molecule has 4 aromatic heterocycles.